The lowest BCUT2D eigenvalue weighted by Crippen LogP contribution is -2.19. The number of anilines is 1. The lowest BCUT2D eigenvalue weighted by molar-refractivity contribution is -0.136. The number of aromatic amines is 1. The summed E-state index contributed by atoms with van der Waals surface area (Å²) >= 11 is 0. The van der Waals surface area contributed by atoms with Gasteiger partial charge in [0.2, 0.25) is 10.0 Å². The van der Waals surface area contributed by atoms with Gasteiger partial charge in [-0.05, 0) is 19.1 Å². The maximum absolute atomic E-state index is 11.9. The van der Waals surface area contributed by atoms with Gasteiger partial charge in [-0.15, -0.1) is 0 Å². The second kappa shape index (κ2) is 5.92. The van der Waals surface area contributed by atoms with Gasteiger partial charge in [-0.2, -0.15) is 5.10 Å². The molecule has 0 radical (unpaired) electrons. The maximum Gasteiger partial charge on any atom is 0.304 e. The number of rotatable bonds is 6. The molecule has 0 aliphatic rings. The smallest absolute Gasteiger partial charge is 0.304 e. The van der Waals surface area contributed by atoms with Crippen LogP contribution in [0.3, 0.4) is 0 Å². The molecular formula is C12H14N4O4S. The number of hydrogen-bond donors (Lipinski definition) is 3. The number of nitrogens with zero attached hydrogens (tertiary/aromatic N) is 2. The predicted molar refractivity (Wildman–Crippen MR) is 76.2 cm³/mol. The highest BCUT2D eigenvalue weighted by atomic mass is 32.2. The largest absolute Gasteiger partial charge is 0.481 e. The van der Waals surface area contributed by atoms with Gasteiger partial charge in [0.05, 0.1) is 17.9 Å². The van der Waals surface area contributed by atoms with Crippen LogP contribution in [0.25, 0.3) is 11.4 Å². The molecule has 0 spiro atoms. The van der Waals surface area contributed by atoms with Crippen molar-refractivity contribution in [3.8, 4) is 11.4 Å². The quantitative estimate of drug-likeness (QED) is 0.731. The molecule has 0 unspecified atom stereocenters. The van der Waals surface area contributed by atoms with Gasteiger partial charge in [-0.25, -0.2) is 13.4 Å². The van der Waals surface area contributed by atoms with Crippen molar-refractivity contribution in [1.82, 2.24) is 15.2 Å². The Hall–Kier alpha value is -2.42. The average molecular weight is 310 g/mol. The minimum atomic E-state index is -3.75. The minimum absolute atomic E-state index is 0.307. The van der Waals surface area contributed by atoms with Gasteiger partial charge < -0.3 is 5.11 Å². The molecule has 8 nitrogen and oxygen atoms in total. The highest BCUT2D eigenvalue weighted by Gasteiger charge is 2.16. The van der Waals surface area contributed by atoms with Crippen LogP contribution >= 0.6 is 0 Å². The fourth-order valence-corrected chi connectivity index (χ4v) is 2.73. The van der Waals surface area contributed by atoms with Crippen LogP contribution in [0.1, 0.15) is 12.2 Å². The molecule has 3 N–H and O–H groups in total. The lowest BCUT2D eigenvalue weighted by Gasteiger charge is -2.10. The first-order valence-corrected chi connectivity index (χ1v) is 7.73. The zero-order valence-corrected chi connectivity index (χ0v) is 12.0. The topological polar surface area (TPSA) is 125 Å². The number of carbonyl (C=O) groups is 1. The van der Waals surface area contributed by atoms with Crippen LogP contribution in [0, 0.1) is 6.92 Å². The third kappa shape index (κ3) is 4.02. The summed E-state index contributed by atoms with van der Waals surface area (Å²) in [5.74, 6) is -0.695. The normalized spacial score (nSPS) is 11.3. The fraction of sp³-hybridized carbons (Fsp3) is 0.250. The van der Waals surface area contributed by atoms with E-state index in [9.17, 15) is 13.2 Å². The number of carboxylic acids is 1. The molecule has 0 aliphatic heterocycles. The van der Waals surface area contributed by atoms with Crippen molar-refractivity contribution in [2.75, 3.05) is 10.5 Å². The lowest BCUT2D eigenvalue weighted by atomic mass is 10.2. The Morgan fingerprint density at radius 1 is 1.38 bits per heavy atom. The first kappa shape index (κ1) is 15.0. The van der Waals surface area contributed by atoms with E-state index in [1.807, 2.05) is 0 Å². The molecule has 1 aromatic carbocycles. The Morgan fingerprint density at radius 3 is 2.71 bits per heavy atom. The van der Waals surface area contributed by atoms with Crippen molar-refractivity contribution in [3.05, 3.63) is 30.1 Å². The number of sulfonamides is 1. The van der Waals surface area contributed by atoms with Gasteiger partial charge in [0, 0.05) is 5.56 Å². The predicted octanol–water partition coefficient (Wildman–Crippen LogP) is 0.997. The fourth-order valence-electron chi connectivity index (χ4n) is 1.67. The van der Waals surface area contributed by atoms with Crippen LogP contribution in [-0.2, 0) is 14.8 Å². The van der Waals surface area contributed by atoms with Crippen LogP contribution in [0.2, 0.25) is 0 Å². The summed E-state index contributed by atoms with van der Waals surface area (Å²) in [6.45, 7) is 1.73. The van der Waals surface area contributed by atoms with Gasteiger partial charge in [-0.3, -0.25) is 14.6 Å². The van der Waals surface area contributed by atoms with Gasteiger partial charge in [0.25, 0.3) is 0 Å². The highest BCUT2D eigenvalue weighted by molar-refractivity contribution is 7.92. The Labute approximate surface area is 121 Å². The highest BCUT2D eigenvalue weighted by Crippen LogP contribution is 2.25. The molecule has 2 rings (SSSR count). The van der Waals surface area contributed by atoms with Crippen molar-refractivity contribution >= 4 is 21.7 Å². The number of benzene rings is 1. The number of H-pyrrole nitrogens is 1. The van der Waals surface area contributed by atoms with Crippen LogP contribution in [-0.4, -0.2) is 40.4 Å². The van der Waals surface area contributed by atoms with E-state index in [1.165, 1.54) is 0 Å². The summed E-state index contributed by atoms with van der Waals surface area (Å²) in [4.78, 5) is 14.6. The molecule has 112 valence electrons. The van der Waals surface area contributed by atoms with Crippen molar-refractivity contribution in [2.24, 2.45) is 0 Å². The Balaban J connectivity index is 2.27. The molecule has 0 fully saturated rings. The minimum Gasteiger partial charge on any atom is -0.481 e. The zero-order chi connectivity index (χ0) is 15.5. The van der Waals surface area contributed by atoms with Crippen LogP contribution in [0.4, 0.5) is 5.69 Å². The molecule has 0 bridgehead atoms. The third-order valence-corrected chi connectivity index (χ3v) is 3.89. The van der Waals surface area contributed by atoms with E-state index in [0.717, 1.165) is 0 Å². The molecule has 0 saturated heterocycles. The summed E-state index contributed by atoms with van der Waals surface area (Å²) in [6, 6.07) is 6.64. The molecule has 1 heterocycles. The number of carboxylic acid groups (broad SMARTS) is 1. The second-order valence-electron chi connectivity index (χ2n) is 4.35. The molecule has 1 aromatic heterocycles. The Kier molecular flexibility index (Phi) is 4.22. The van der Waals surface area contributed by atoms with Gasteiger partial charge in [0.1, 0.15) is 5.82 Å². The Morgan fingerprint density at radius 2 is 2.10 bits per heavy atom. The second-order valence-corrected chi connectivity index (χ2v) is 6.20. The molecule has 21 heavy (non-hydrogen) atoms. The van der Waals surface area contributed by atoms with Crippen LogP contribution < -0.4 is 4.72 Å². The van der Waals surface area contributed by atoms with Crippen LogP contribution in [0.15, 0.2) is 24.3 Å². The van der Waals surface area contributed by atoms with Gasteiger partial charge in [0.15, 0.2) is 5.82 Å². The molecule has 0 saturated carbocycles. The van der Waals surface area contributed by atoms with Crippen molar-refractivity contribution in [3.63, 3.8) is 0 Å². The summed E-state index contributed by atoms with van der Waals surface area (Å²) in [6.07, 6.45) is -0.461. The molecular weight excluding hydrogens is 296 g/mol. The van der Waals surface area contributed by atoms with Crippen molar-refractivity contribution in [2.45, 2.75) is 13.3 Å². The standard InChI is InChI=1S/C12H14N4O4S/c1-8-13-12(15-14-8)9-4-2-3-5-10(9)16-21(19,20)7-6-11(17)18/h2-5,16H,6-7H2,1H3,(H,17,18)(H,13,14,15). The van der Waals surface area contributed by atoms with Crippen molar-refractivity contribution < 1.29 is 18.3 Å². The third-order valence-electron chi connectivity index (χ3n) is 2.62. The summed E-state index contributed by atoms with van der Waals surface area (Å²) in [7, 11) is -3.75. The van der Waals surface area contributed by atoms with E-state index < -0.39 is 28.2 Å². The van der Waals surface area contributed by atoms with E-state index in [1.54, 1.807) is 31.2 Å². The van der Waals surface area contributed by atoms with Crippen molar-refractivity contribution in [1.29, 1.82) is 0 Å². The van der Waals surface area contributed by atoms with Gasteiger partial charge in [-0.1, -0.05) is 12.1 Å². The molecule has 0 amide bonds. The van der Waals surface area contributed by atoms with Gasteiger partial charge >= 0.3 is 5.97 Å². The Bertz CT molecular complexity index is 754. The zero-order valence-electron chi connectivity index (χ0n) is 11.2. The maximum atomic E-state index is 11.9. The number of nitrogens with one attached hydrogen (secondary N) is 2. The van der Waals surface area contributed by atoms with E-state index in [0.29, 0.717) is 22.9 Å². The number of aryl methyl sites for hydroxylation is 1. The van der Waals surface area contributed by atoms with E-state index in [2.05, 4.69) is 19.9 Å². The number of para-hydroxylation sites is 1. The van der Waals surface area contributed by atoms with E-state index in [-0.39, 0.29) is 0 Å². The van der Waals surface area contributed by atoms with E-state index in [4.69, 9.17) is 5.11 Å². The van der Waals surface area contributed by atoms with E-state index >= 15 is 0 Å². The molecule has 2 aromatic rings. The molecule has 0 atom stereocenters. The summed E-state index contributed by atoms with van der Waals surface area (Å²) in [5.41, 5.74) is 0.822. The average Bonchev–Trinajstić information content (AvgIpc) is 2.83. The molecule has 0 aliphatic carbocycles. The summed E-state index contributed by atoms with van der Waals surface area (Å²) < 4.78 is 26.1. The SMILES string of the molecule is Cc1nc(-c2ccccc2NS(=O)(=O)CCC(=O)O)n[nH]1. The number of aliphatic carboxylic acids is 1. The number of aromatic nitrogens is 3. The molecule has 9 heteroatoms. The van der Waals surface area contributed by atoms with Crippen LogP contribution in [0.5, 0.6) is 0 Å². The first-order chi connectivity index (χ1) is 9.87. The monoisotopic (exact) mass is 310 g/mol. The number of hydrogen-bond acceptors (Lipinski definition) is 5. The summed E-state index contributed by atoms with van der Waals surface area (Å²) in [5, 5.41) is 15.2. The first-order valence-electron chi connectivity index (χ1n) is 6.08.